The van der Waals surface area contributed by atoms with Crippen molar-refractivity contribution in [3.63, 3.8) is 0 Å². The third kappa shape index (κ3) is 3.27. The summed E-state index contributed by atoms with van der Waals surface area (Å²) in [4.78, 5) is 25.2. The van der Waals surface area contributed by atoms with E-state index in [1.165, 1.54) is 0 Å². The van der Waals surface area contributed by atoms with E-state index in [4.69, 9.17) is 9.84 Å². The lowest BCUT2D eigenvalue weighted by atomic mass is 9.91. The summed E-state index contributed by atoms with van der Waals surface area (Å²) in [7, 11) is 0. The number of rotatable bonds is 4. The van der Waals surface area contributed by atoms with E-state index in [9.17, 15) is 9.59 Å². The number of hydrogen-bond donors (Lipinski definition) is 0. The fourth-order valence-corrected chi connectivity index (χ4v) is 3.37. The van der Waals surface area contributed by atoms with Crippen molar-refractivity contribution in [1.29, 1.82) is 0 Å². The third-order valence-electron chi connectivity index (χ3n) is 4.60. The van der Waals surface area contributed by atoms with Gasteiger partial charge in [0.25, 0.3) is 0 Å². The number of fused-ring (bicyclic) bond motifs is 1. The molecule has 24 heavy (non-hydrogen) atoms. The molecule has 1 saturated heterocycles. The Balaban J connectivity index is 1.86. The summed E-state index contributed by atoms with van der Waals surface area (Å²) in [5.41, 5.74) is 1.98. The van der Waals surface area contributed by atoms with Gasteiger partial charge in [0, 0.05) is 31.3 Å². The van der Waals surface area contributed by atoms with E-state index in [0.717, 1.165) is 42.5 Å². The van der Waals surface area contributed by atoms with Crippen LogP contribution in [0.1, 0.15) is 38.3 Å². The van der Waals surface area contributed by atoms with Crippen molar-refractivity contribution in [1.82, 2.24) is 14.7 Å². The summed E-state index contributed by atoms with van der Waals surface area (Å²) < 4.78 is 6.78. The number of carbonyl (C=O) groups is 2. The van der Waals surface area contributed by atoms with Gasteiger partial charge in [-0.2, -0.15) is 5.10 Å². The van der Waals surface area contributed by atoms with Crippen LogP contribution in [0.25, 0.3) is 10.9 Å². The number of piperidine rings is 1. The maximum absolute atomic E-state index is 11.8. The zero-order valence-corrected chi connectivity index (χ0v) is 14.2. The van der Waals surface area contributed by atoms with Crippen LogP contribution >= 0.6 is 0 Å². The number of likely N-dealkylation sites (tertiary alicyclic amines) is 1. The van der Waals surface area contributed by atoms with Crippen LogP contribution in [0.5, 0.6) is 0 Å². The first-order valence-electron chi connectivity index (χ1n) is 8.46. The molecule has 0 aliphatic carbocycles. The quantitative estimate of drug-likeness (QED) is 0.808. The lowest BCUT2D eigenvalue weighted by molar-refractivity contribution is -0.144. The fourth-order valence-electron chi connectivity index (χ4n) is 3.37. The number of ether oxygens (including phenoxy) is 1. The fraction of sp³-hybridized carbons (Fsp3) is 0.500. The van der Waals surface area contributed by atoms with Crippen molar-refractivity contribution in [2.45, 2.75) is 39.2 Å². The monoisotopic (exact) mass is 329 g/mol. The Morgan fingerprint density at radius 2 is 1.96 bits per heavy atom. The van der Waals surface area contributed by atoms with E-state index < -0.39 is 0 Å². The molecule has 0 saturated carbocycles. The minimum absolute atomic E-state index is 0.126. The van der Waals surface area contributed by atoms with Crippen molar-refractivity contribution in [2.75, 3.05) is 19.7 Å². The first-order valence-corrected chi connectivity index (χ1v) is 8.46. The van der Waals surface area contributed by atoms with Crippen LogP contribution in [-0.2, 0) is 20.9 Å². The molecular weight excluding hydrogens is 306 g/mol. The van der Waals surface area contributed by atoms with Crippen LogP contribution in [0.3, 0.4) is 0 Å². The maximum Gasteiger partial charge on any atom is 0.327 e. The highest BCUT2D eigenvalue weighted by Gasteiger charge is 2.26. The number of nitrogens with zero attached hydrogens (tertiary/aromatic N) is 3. The van der Waals surface area contributed by atoms with Crippen LogP contribution in [-0.4, -0.2) is 46.3 Å². The molecule has 6 heteroatoms. The Labute approximate surface area is 141 Å². The zero-order chi connectivity index (χ0) is 17.1. The van der Waals surface area contributed by atoms with Gasteiger partial charge in [-0.15, -0.1) is 0 Å². The predicted molar refractivity (Wildman–Crippen MR) is 90.6 cm³/mol. The van der Waals surface area contributed by atoms with Gasteiger partial charge in [0.15, 0.2) is 0 Å². The number of carbonyl (C=O) groups excluding carboxylic acids is 2. The molecule has 1 aromatic heterocycles. The highest BCUT2D eigenvalue weighted by Crippen LogP contribution is 2.32. The lowest BCUT2D eigenvalue weighted by Crippen LogP contribution is -2.36. The number of aromatic nitrogens is 2. The van der Waals surface area contributed by atoms with Gasteiger partial charge in [-0.3, -0.25) is 14.3 Å². The van der Waals surface area contributed by atoms with E-state index >= 15 is 0 Å². The van der Waals surface area contributed by atoms with Crippen LogP contribution < -0.4 is 0 Å². The molecule has 2 aromatic rings. The smallest absolute Gasteiger partial charge is 0.327 e. The van der Waals surface area contributed by atoms with Crippen molar-refractivity contribution in [2.24, 2.45) is 0 Å². The van der Waals surface area contributed by atoms with Crippen LogP contribution in [0.2, 0.25) is 0 Å². The molecule has 0 N–H and O–H groups in total. The highest BCUT2D eigenvalue weighted by atomic mass is 16.5. The lowest BCUT2D eigenvalue weighted by Gasteiger charge is -2.30. The molecule has 0 bridgehead atoms. The number of amides is 1. The molecule has 2 heterocycles. The molecule has 6 nitrogen and oxygen atoms in total. The van der Waals surface area contributed by atoms with E-state index in [1.807, 2.05) is 23.1 Å². The van der Waals surface area contributed by atoms with Gasteiger partial charge in [-0.25, -0.2) is 0 Å². The molecule has 0 atom stereocenters. The first kappa shape index (κ1) is 16.5. The average Bonchev–Trinajstić information content (AvgIpc) is 2.94. The second-order valence-corrected chi connectivity index (χ2v) is 6.15. The van der Waals surface area contributed by atoms with E-state index in [-0.39, 0.29) is 18.4 Å². The molecule has 0 spiro atoms. The zero-order valence-electron chi connectivity index (χ0n) is 14.2. The third-order valence-corrected chi connectivity index (χ3v) is 4.60. The number of hydrogen-bond acceptors (Lipinski definition) is 4. The Morgan fingerprint density at radius 1 is 1.25 bits per heavy atom. The van der Waals surface area contributed by atoms with Gasteiger partial charge in [0.05, 0.1) is 17.8 Å². The van der Waals surface area contributed by atoms with E-state index in [2.05, 4.69) is 6.07 Å². The van der Waals surface area contributed by atoms with Crippen molar-refractivity contribution in [3.05, 3.63) is 30.0 Å². The van der Waals surface area contributed by atoms with Gasteiger partial charge in [0.2, 0.25) is 5.91 Å². The second kappa shape index (κ2) is 7.03. The molecule has 1 aliphatic rings. The van der Waals surface area contributed by atoms with Crippen molar-refractivity contribution < 1.29 is 14.3 Å². The molecule has 1 aliphatic heterocycles. The Kier molecular flexibility index (Phi) is 4.83. The van der Waals surface area contributed by atoms with Gasteiger partial charge in [0.1, 0.15) is 6.54 Å². The molecule has 1 fully saturated rings. The minimum Gasteiger partial charge on any atom is -0.465 e. The van der Waals surface area contributed by atoms with Crippen LogP contribution in [0.4, 0.5) is 0 Å². The topological polar surface area (TPSA) is 64.4 Å². The van der Waals surface area contributed by atoms with Crippen LogP contribution in [0, 0.1) is 0 Å². The largest absolute Gasteiger partial charge is 0.465 e. The first-order chi connectivity index (χ1) is 11.6. The number of benzene rings is 1. The normalized spacial score (nSPS) is 15.7. The van der Waals surface area contributed by atoms with Gasteiger partial charge in [-0.05, 0) is 25.8 Å². The maximum atomic E-state index is 11.8. The summed E-state index contributed by atoms with van der Waals surface area (Å²) in [6, 6.07) is 7.98. The summed E-state index contributed by atoms with van der Waals surface area (Å²) in [6.07, 6.45) is 1.81. The standard InChI is InChI=1S/C18H23N3O3/c1-3-24-17(23)12-21-16-7-5-4-6-15(16)18(19-21)14-8-10-20(11-9-14)13(2)22/h4-7,14H,3,8-12H2,1-2H3. The molecule has 128 valence electrons. The SMILES string of the molecule is CCOC(=O)Cn1nc(C2CCN(C(C)=O)CC2)c2ccccc21. The molecule has 0 unspecified atom stereocenters. The van der Waals surface area contributed by atoms with Crippen molar-refractivity contribution in [3.8, 4) is 0 Å². The molecular formula is C18H23N3O3. The second-order valence-electron chi connectivity index (χ2n) is 6.15. The Hall–Kier alpha value is -2.37. The van der Waals surface area contributed by atoms with Gasteiger partial charge < -0.3 is 9.64 Å². The predicted octanol–water partition coefficient (Wildman–Crippen LogP) is 2.33. The number of esters is 1. The van der Waals surface area contributed by atoms with E-state index in [0.29, 0.717) is 12.5 Å². The molecule has 1 amide bonds. The number of para-hydroxylation sites is 1. The highest BCUT2D eigenvalue weighted by molar-refractivity contribution is 5.84. The summed E-state index contributed by atoms with van der Waals surface area (Å²) >= 11 is 0. The van der Waals surface area contributed by atoms with Crippen molar-refractivity contribution >= 4 is 22.8 Å². The molecule has 0 radical (unpaired) electrons. The van der Waals surface area contributed by atoms with Gasteiger partial charge >= 0.3 is 5.97 Å². The molecule has 1 aromatic carbocycles. The summed E-state index contributed by atoms with van der Waals surface area (Å²) in [5, 5.41) is 5.80. The van der Waals surface area contributed by atoms with Gasteiger partial charge in [-0.1, -0.05) is 18.2 Å². The Morgan fingerprint density at radius 3 is 2.62 bits per heavy atom. The summed E-state index contributed by atoms with van der Waals surface area (Å²) in [5.74, 6) is 0.170. The average molecular weight is 329 g/mol. The van der Waals surface area contributed by atoms with E-state index in [1.54, 1.807) is 18.5 Å². The minimum atomic E-state index is -0.274. The summed E-state index contributed by atoms with van der Waals surface area (Å²) in [6.45, 7) is 5.43. The molecule has 3 rings (SSSR count). The van der Waals surface area contributed by atoms with Crippen LogP contribution in [0.15, 0.2) is 24.3 Å². The Bertz CT molecular complexity index is 745.